The summed E-state index contributed by atoms with van der Waals surface area (Å²) < 4.78 is 0. The first-order valence-corrected chi connectivity index (χ1v) is 6.50. The number of hydrogen-bond donors (Lipinski definition) is 2. The topological polar surface area (TPSA) is 41.1 Å². The van der Waals surface area contributed by atoms with Gasteiger partial charge in [-0.15, -0.1) is 0 Å². The van der Waals surface area contributed by atoms with E-state index in [1.807, 2.05) is 25.1 Å². The first kappa shape index (κ1) is 14.7. The Morgan fingerprint density at radius 3 is 2.33 bits per heavy atom. The molecule has 0 fully saturated rings. The second kappa shape index (κ2) is 6.55. The Kier molecular flexibility index (Phi) is 5.35. The lowest BCUT2D eigenvalue weighted by molar-refractivity contribution is -0.121. The maximum atomic E-state index is 11.9. The third-order valence-electron chi connectivity index (χ3n) is 2.84. The summed E-state index contributed by atoms with van der Waals surface area (Å²) in [5.74, 6) is 0.0422. The van der Waals surface area contributed by atoms with Crippen molar-refractivity contribution in [2.75, 3.05) is 13.1 Å². The van der Waals surface area contributed by atoms with Crippen LogP contribution in [-0.2, 0) is 4.79 Å². The molecule has 0 bridgehead atoms. The number of carbonyl (C=O) groups is 1. The zero-order chi connectivity index (χ0) is 13.6. The maximum Gasteiger partial charge on any atom is 0.234 e. The van der Waals surface area contributed by atoms with Crippen molar-refractivity contribution in [1.82, 2.24) is 10.6 Å². The Balaban J connectivity index is 2.78. The molecule has 1 aromatic carbocycles. The molecule has 18 heavy (non-hydrogen) atoms. The van der Waals surface area contributed by atoms with Crippen LogP contribution in [0.15, 0.2) is 30.3 Å². The van der Waals surface area contributed by atoms with Crippen LogP contribution in [0.5, 0.6) is 0 Å². The molecule has 1 amide bonds. The van der Waals surface area contributed by atoms with Gasteiger partial charge in [-0.25, -0.2) is 0 Å². The standard InChI is InChI=1S/C15H24N2O/c1-5-16-11-13(18)17-14(15(2,3)4)12-9-7-6-8-10-12/h6-10,14,16H,5,11H2,1-4H3,(H,17,18). The van der Waals surface area contributed by atoms with Gasteiger partial charge in [0, 0.05) is 0 Å². The third kappa shape index (κ3) is 4.49. The molecule has 0 saturated carbocycles. The predicted octanol–water partition coefficient (Wildman–Crippen LogP) is 2.50. The van der Waals surface area contributed by atoms with Gasteiger partial charge >= 0.3 is 0 Å². The number of benzene rings is 1. The van der Waals surface area contributed by atoms with E-state index in [4.69, 9.17) is 0 Å². The molecule has 100 valence electrons. The molecule has 0 aromatic heterocycles. The first-order valence-electron chi connectivity index (χ1n) is 6.50. The fourth-order valence-corrected chi connectivity index (χ4v) is 1.90. The van der Waals surface area contributed by atoms with Crippen LogP contribution in [0.1, 0.15) is 39.3 Å². The number of likely N-dealkylation sites (N-methyl/N-ethyl adjacent to an activating group) is 1. The average Bonchev–Trinajstić information content (AvgIpc) is 2.33. The summed E-state index contributed by atoms with van der Waals surface area (Å²) >= 11 is 0. The highest BCUT2D eigenvalue weighted by Crippen LogP contribution is 2.32. The number of carbonyl (C=O) groups excluding carboxylic acids is 1. The highest BCUT2D eigenvalue weighted by Gasteiger charge is 2.27. The van der Waals surface area contributed by atoms with Gasteiger partial charge in [-0.3, -0.25) is 4.79 Å². The van der Waals surface area contributed by atoms with Crippen molar-refractivity contribution in [3.05, 3.63) is 35.9 Å². The van der Waals surface area contributed by atoms with Gasteiger partial charge in [0.25, 0.3) is 0 Å². The Morgan fingerprint density at radius 2 is 1.83 bits per heavy atom. The van der Waals surface area contributed by atoms with Crippen LogP contribution >= 0.6 is 0 Å². The second-order valence-corrected chi connectivity index (χ2v) is 5.56. The van der Waals surface area contributed by atoms with E-state index in [0.29, 0.717) is 6.54 Å². The van der Waals surface area contributed by atoms with Crippen molar-refractivity contribution in [2.45, 2.75) is 33.7 Å². The summed E-state index contributed by atoms with van der Waals surface area (Å²) in [7, 11) is 0. The second-order valence-electron chi connectivity index (χ2n) is 5.56. The van der Waals surface area contributed by atoms with Gasteiger partial charge in [-0.2, -0.15) is 0 Å². The molecule has 1 atom stereocenters. The van der Waals surface area contributed by atoms with Crippen LogP contribution in [0.2, 0.25) is 0 Å². The van der Waals surface area contributed by atoms with Gasteiger partial charge in [0.05, 0.1) is 12.6 Å². The third-order valence-corrected chi connectivity index (χ3v) is 2.84. The molecule has 1 unspecified atom stereocenters. The molecule has 3 heteroatoms. The van der Waals surface area contributed by atoms with Crippen molar-refractivity contribution in [2.24, 2.45) is 5.41 Å². The number of rotatable bonds is 5. The van der Waals surface area contributed by atoms with Crippen molar-refractivity contribution in [1.29, 1.82) is 0 Å². The van der Waals surface area contributed by atoms with Crippen molar-refractivity contribution >= 4 is 5.91 Å². The highest BCUT2D eigenvalue weighted by molar-refractivity contribution is 5.78. The Labute approximate surface area is 110 Å². The van der Waals surface area contributed by atoms with E-state index in [0.717, 1.165) is 12.1 Å². The molecule has 2 N–H and O–H groups in total. The number of amides is 1. The summed E-state index contributed by atoms with van der Waals surface area (Å²) in [6.45, 7) is 9.58. The molecule has 1 rings (SSSR count). The van der Waals surface area contributed by atoms with Crippen LogP contribution in [0, 0.1) is 5.41 Å². The van der Waals surface area contributed by atoms with Crippen LogP contribution < -0.4 is 10.6 Å². The molecule has 0 saturated heterocycles. The van der Waals surface area contributed by atoms with E-state index >= 15 is 0 Å². The van der Waals surface area contributed by atoms with Gasteiger partial charge in [0.2, 0.25) is 5.91 Å². The Morgan fingerprint density at radius 1 is 1.22 bits per heavy atom. The van der Waals surface area contributed by atoms with Crippen LogP contribution in [0.25, 0.3) is 0 Å². The fraction of sp³-hybridized carbons (Fsp3) is 0.533. The zero-order valence-electron chi connectivity index (χ0n) is 11.8. The molecular weight excluding hydrogens is 224 g/mol. The van der Waals surface area contributed by atoms with Crippen LogP contribution in [0.3, 0.4) is 0 Å². The summed E-state index contributed by atoms with van der Waals surface area (Å²) in [5, 5.41) is 6.15. The fourth-order valence-electron chi connectivity index (χ4n) is 1.90. The van der Waals surface area contributed by atoms with Crippen molar-refractivity contribution < 1.29 is 4.79 Å². The van der Waals surface area contributed by atoms with Gasteiger partial charge in [0.1, 0.15) is 0 Å². The maximum absolute atomic E-state index is 11.9. The smallest absolute Gasteiger partial charge is 0.234 e. The minimum Gasteiger partial charge on any atom is -0.348 e. The van der Waals surface area contributed by atoms with Gasteiger partial charge in [-0.05, 0) is 17.5 Å². The largest absolute Gasteiger partial charge is 0.348 e. The molecule has 0 aliphatic carbocycles. The first-order chi connectivity index (χ1) is 8.45. The van der Waals surface area contributed by atoms with Crippen molar-refractivity contribution in [3.63, 3.8) is 0 Å². The minimum atomic E-state index is -0.0107. The summed E-state index contributed by atoms with van der Waals surface area (Å²) in [4.78, 5) is 11.9. The molecule has 0 aliphatic heterocycles. The number of hydrogen-bond acceptors (Lipinski definition) is 2. The molecular formula is C15H24N2O. The SMILES string of the molecule is CCNCC(=O)NC(c1ccccc1)C(C)(C)C. The predicted molar refractivity (Wildman–Crippen MR) is 75.3 cm³/mol. The lowest BCUT2D eigenvalue weighted by Crippen LogP contribution is -2.41. The van der Waals surface area contributed by atoms with E-state index < -0.39 is 0 Å². The molecule has 0 radical (unpaired) electrons. The quantitative estimate of drug-likeness (QED) is 0.840. The van der Waals surface area contributed by atoms with Crippen LogP contribution in [-0.4, -0.2) is 19.0 Å². The van der Waals surface area contributed by atoms with Gasteiger partial charge < -0.3 is 10.6 Å². The molecule has 1 aromatic rings. The minimum absolute atomic E-state index is 0.0107. The monoisotopic (exact) mass is 248 g/mol. The van der Waals surface area contributed by atoms with E-state index in [9.17, 15) is 4.79 Å². The Bertz CT molecular complexity index is 368. The molecule has 0 heterocycles. The average molecular weight is 248 g/mol. The van der Waals surface area contributed by atoms with E-state index in [1.54, 1.807) is 0 Å². The van der Waals surface area contributed by atoms with Crippen LogP contribution in [0.4, 0.5) is 0 Å². The lowest BCUT2D eigenvalue weighted by atomic mass is 9.82. The summed E-state index contributed by atoms with van der Waals surface area (Å²) in [5.41, 5.74) is 1.14. The normalized spacial score (nSPS) is 13.1. The molecule has 0 aliphatic rings. The van der Waals surface area contributed by atoms with Gasteiger partial charge in [0.15, 0.2) is 0 Å². The zero-order valence-corrected chi connectivity index (χ0v) is 11.8. The lowest BCUT2D eigenvalue weighted by Gasteiger charge is -2.32. The van der Waals surface area contributed by atoms with E-state index in [-0.39, 0.29) is 17.4 Å². The number of nitrogens with one attached hydrogen (secondary N) is 2. The van der Waals surface area contributed by atoms with Gasteiger partial charge in [-0.1, -0.05) is 58.0 Å². The molecule has 0 spiro atoms. The highest BCUT2D eigenvalue weighted by atomic mass is 16.2. The summed E-state index contributed by atoms with van der Waals surface area (Å²) in [6.07, 6.45) is 0. The molecule has 3 nitrogen and oxygen atoms in total. The van der Waals surface area contributed by atoms with E-state index in [2.05, 4.69) is 43.5 Å². The Hall–Kier alpha value is -1.35. The van der Waals surface area contributed by atoms with E-state index in [1.165, 1.54) is 0 Å². The summed E-state index contributed by atoms with van der Waals surface area (Å²) in [6, 6.07) is 10.1. The van der Waals surface area contributed by atoms with Crippen molar-refractivity contribution in [3.8, 4) is 0 Å².